The van der Waals surface area contributed by atoms with E-state index in [1.54, 1.807) is 24.3 Å². The topological polar surface area (TPSA) is 98.0 Å². The van der Waals surface area contributed by atoms with E-state index in [2.05, 4.69) is 0 Å². The molecular weight excluding hydrogens is 248 g/mol. The molecule has 4 N–H and O–H groups in total. The van der Waals surface area contributed by atoms with Crippen LogP contribution in [0.15, 0.2) is 30.3 Å². The first-order valence-electron chi connectivity index (χ1n) is 5.50. The van der Waals surface area contributed by atoms with Crippen LogP contribution in [0.5, 0.6) is 23.0 Å². The maximum absolute atomic E-state index is 12.1. The van der Waals surface area contributed by atoms with Gasteiger partial charge in [0.25, 0.3) is 0 Å². The van der Waals surface area contributed by atoms with Gasteiger partial charge in [0.05, 0.1) is 5.56 Å². The van der Waals surface area contributed by atoms with E-state index < -0.39 is 28.8 Å². The van der Waals surface area contributed by atoms with Gasteiger partial charge >= 0.3 is 0 Å². The minimum Gasteiger partial charge on any atom is -0.504 e. The Morgan fingerprint density at radius 3 is 2.05 bits per heavy atom. The second-order valence-corrected chi connectivity index (χ2v) is 4.18. The van der Waals surface area contributed by atoms with Gasteiger partial charge in [-0.15, -0.1) is 0 Å². The van der Waals surface area contributed by atoms with Crippen LogP contribution in [0.25, 0.3) is 0 Å². The second-order valence-electron chi connectivity index (χ2n) is 4.18. The summed E-state index contributed by atoms with van der Waals surface area (Å²) in [6, 6.07) is 7.50. The summed E-state index contributed by atoms with van der Waals surface area (Å²) in [5, 5.41) is 37.6. The molecule has 0 aliphatic heterocycles. The molecule has 2 aromatic carbocycles. The van der Waals surface area contributed by atoms with Crippen LogP contribution >= 0.6 is 0 Å². The van der Waals surface area contributed by atoms with Gasteiger partial charge in [-0.05, 0) is 13.0 Å². The summed E-state index contributed by atoms with van der Waals surface area (Å²) in [6.45, 7) is 1.87. The number of aryl methyl sites for hydroxylation is 1. The molecule has 5 heteroatoms. The molecule has 0 spiro atoms. The fourth-order valence-corrected chi connectivity index (χ4v) is 1.67. The van der Waals surface area contributed by atoms with Crippen molar-refractivity contribution in [2.24, 2.45) is 0 Å². The Morgan fingerprint density at radius 2 is 1.47 bits per heavy atom. The summed E-state index contributed by atoms with van der Waals surface area (Å²) in [5.41, 5.74) is 0.985. The number of ketones is 1. The number of carbonyl (C=O) groups is 1. The van der Waals surface area contributed by atoms with E-state index in [0.29, 0.717) is 5.56 Å². The van der Waals surface area contributed by atoms with Crippen LogP contribution in [0.1, 0.15) is 21.5 Å². The van der Waals surface area contributed by atoms with Gasteiger partial charge in [0.15, 0.2) is 17.3 Å². The van der Waals surface area contributed by atoms with Crippen molar-refractivity contribution in [3.05, 3.63) is 47.0 Å². The summed E-state index contributed by atoms with van der Waals surface area (Å²) < 4.78 is 0. The Hall–Kier alpha value is -2.69. The molecule has 0 heterocycles. The van der Waals surface area contributed by atoms with Gasteiger partial charge in [-0.3, -0.25) is 4.79 Å². The fourth-order valence-electron chi connectivity index (χ4n) is 1.67. The molecule has 5 nitrogen and oxygen atoms in total. The maximum atomic E-state index is 12.1. The maximum Gasteiger partial charge on any atom is 0.205 e. The highest BCUT2D eigenvalue weighted by Crippen LogP contribution is 2.44. The predicted molar refractivity (Wildman–Crippen MR) is 67.7 cm³/mol. The second kappa shape index (κ2) is 4.53. The summed E-state index contributed by atoms with van der Waals surface area (Å²) in [6.07, 6.45) is 0. The molecule has 0 aliphatic carbocycles. The zero-order valence-electron chi connectivity index (χ0n) is 10.1. The summed E-state index contributed by atoms with van der Waals surface area (Å²) in [5.74, 6) is -3.79. The number of carbonyl (C=O) groups excluding carboxylic acids is 1. The SMILES string of the molecule is Cc1ccc(C(=O)c2cc(O)c(O)c(O)c2O)cc1. The molecule has 0 atom stereocenters. The lowest BCUT2D eigenvalue weighted by Gasteiger charge is -2.08. The lowest BCUT2D eigenvalue weighted by Crippen LogP contribution is -2.01. The minimum absolute atomic E-state index is 0.281. The molecule has 2 rings (SSSR count). The number of hydrogen-bond acceptors (Lipinski definition) is 5. The number of phenolic OH excluding ortho intramolecular Hbond substituents is 4. The minimum atomic E-state index is -0.921. The zero-order valence-corrected chi connectivity index (χ0v) is 10.1. The molecule has 19 heavy (non-hydrogen) atoms. The van der Waals surface area contributed by atoms with Crippen molar-refractivity contribution in [3.63, 3.8) is 0 Å². The van der Waals surface area contributed by atoms with E-state index in [4.69, 9.17) is 0 Å². The van der Waals surface area contributed by atoms with Crippen LogP contribution in [0.2, 0.25) is 0 Å². The molecule has 2 aromatic rings. The number of aromatic hydroxyl groups is 4. The molecule has 0 unspecified atom stereocenters. The lowest BCUT2D eigenvalue weighted by atomic mass is 10.0. The van der Waals surface area contributed by atoms with E-state index in [9.17, 15) is 25.2 Å². The zero-order chi connectivity index (χ0) is 14.2. The largest absolute Gasteiger partial charge is 0.504 e. The first kappa shape index (κ1) is 12.8. The monoisotopic (exact) mass is 260 g/mol. The van der Waals surface area contributed by atoms with E-state index in [1.165, 1.54) is 0 Å². The Labute approximate surface area is 109 Å². The van der Waals surface area contributed by atoms with Crippen molar-refractivity contribution in [1.29, 1.82) is 0 Å². The van der Waals surface area contributed by atoms with Gasteiger partial charge in [-0.1, -0.05) is 29.8 Å². The highest BCUT2D eigenvalue weighted by molar-refractivity contribution is 6.11. The van der Waals surface area contributed by atoms with Crippen molar-refractivity contribution in [2.75, 3.05) is 0 Å². The van der Waals surface area contributed by atoms with Crippen LogP contribution in [0, 0.1) is 6.92 Å². The van der Waals surface area contributed by atoms with Crippen LogP contribution < -0.4 is 0 Å². The molecule has 0 bridgehead atoms. The first-order chi connectivity index (χ1) is 8.91. The molecular formula is C14H12O5. The average Bonchev–Trinajstić information content (AvgIpc) is 2.40. The first-order valence-corrected chi connectivity index (χ1v) is 5.50. The predicted octanol–water partition coefficient (Wildman–Crippen LogP) is 2.05. The van der Waals surface area contributed by atoms with Crippen LogP contribution in [-0.2, 0) is 0 Å². The Balaban J connectivity index is 2.53. The normalized spacial score (nSPS) is 10.4. The third-order valence-electron chi connectivity index (χ3n) is 2.79. The number of hydrogen-bond donors (Lipinski definition) is 4. The molecule has 0 fully saturated rings. The van der Waals surface area contributed by atoms with Gasteiger partial charge in [0.2, 0.25) is 11.5 Å². The van der Waals surface area contributed by atoms with Gasteiger partial charge < -0.3 is 20.4 Å². The van der Waals surface area contributed by atoms with Gasteiger partial charge in [-0.2, -0.15) is 0 Å². The molecule has 98 valence electrons. The van der Waals surface area contributed by atoms with Crippen molar-refractivity contribution >= 4 is 5.78 Å². The lowest BCUT2D eigenvalue weighted by molar-refractivity contribution is 0.103. The van der Waals surface area contributed by atoms with Crippen molar-refractivity contribution < 1.29 is 25.2 Å². The van der Waals surface area contributed by atoms with Gasteiger partial charge in [-0.25, -0.2) is 0 Å². The summed E-state index contributed by atoms with van der Waals surface area (Å²) in [4.78, 5) is 12.1. The van der Waals surface area contributed by atoms with E-state index in [0.717, 1.165) is 11.6 Å². The van der Waals surface area contributed by atoms with Gasteiger partial charge in [0, 0.05) is 5.56 Å². The third kappa shape index (κ3) is 2.18. The smallest absolute Gasteiger partial charge is 0.205 e. The van der Waals surface area contributed by atoms with E-state index in [-0.39, 0.29) is 5.56 Å². The van der Waals surface area contributed by atoms with Crippen molar-refractivity contribution in [1.82, 2.24) is 0 Å². The number of benzene rings is 2. The highest BCUT2D eigenvalue weighted by atomic mass is 16.3. The average molecular weight is 260 g/mol. The third-order valence-corrected chi connectivity index (χ3v) is 2.79. The van der Waals surface area contributed by atoms with Crippen LogP contribution in [-0.4, -0.2) is 26.2 Å². The van der Waals surface area contributed by atoms with Crippen LogP contribution in [0.3, 0.4) is 0 Å². The molecule has 0 aromatic heterocycles. The molecule has 0 amide bonds. The van der Waals surface area contributed by atoms with E-state index in [1.807, 2.05) is 6.92 Å². The summed E-state index contributed by atoms with van der Waals surface area (Å²) >= 11 is 0. The fraction of sp³-hybridized carbons (Fsp3) is 0.0714. The number of rotatable bonds is 2. The Morgan fingerprint density at radius 1 is 0.895 bits per heavy atom. The van der Waals surface area contributed by atoms with Gasteiger partial charge in [0.1, 0.15) is 0 Å². The standard InChI is InChI=1S/C14H12O5/c1-7-2-4-8(5-3-7)11(16)9-6-10(15)13(18)14(19)12(9)17/h2-6,15,17-19H,1H3. The Kier molecular flexibility index (Phi) is 3.04. The molecule has 0 saturated heterocycles. The molecule has 0 aliphatic rings. The van der Waals surface area contributed by atoms with Crippen LogP contribution in [0.4, 0.5) is 0 Å². The molecule has 0 saturated carbocycles. The van der Waals surface area contributed by atoms with Crippen molar-refractivity contribution in [2.45, 2.75) is 6.92 Å². The summed E-state index contributed by atoms with van der Waals surface area (Å²) in [7, 11) is 0. The Bertz CT molecular complexity index is 644. The highest BCUT2D eigenvalue weighted by Gasteiger charge is 2.21. The molecule has 0 radical (unpaired) electrons. The number of phenols is 4. The van der Waals surface area contributed by atoms with E-state index >= 15 is 0 Å². The van der Waals surface area contributed by atoms with Crippen molar-refractivity contribution in [3.8, 4) is 23.0 Å². The quantitative estimate of drug-likeness (QED) is 0.376.